The van der Waals surface area contributed by atoms with Crippen LogP contribution in [0.4, 0.5) is 0 Å². The molecule has 1 aromatic heterocycles. The van der Waals surface area contributed by atoms with E-state index in [0.717, 1.165) is 5.52 Å². The van der Waals surface area contributed by atoms with Gasteiger partial charge in [-0.3, -0.25) is 4.68 Å². The molecular weight excluding hydrogens is 172 g/mol. The molecule has 2 aromatic rings. The van der Waals surface area contributed by atoms with Crippen molar-refractivity contribution < 1.29 is 0 Å². The summed E-state index contributed by atoms with van der Waals surface area (Å²) >= 11 is 0. The standard InChI is InChI=1S/C12H16N2/c1-8(2)11-6-10-7-14(4)13-12(10)5-9(11)3/h5-8H,1-4H3. The first kappa shape index (κ1) is 9.25. The SMILES string of the molecule is Cc1cc2nn(C)cc2cc1C(C)C. The van der Waals surface area contributed by atoms with E-state index < -0.39 is 0 Å². The third-order valence-corrected chi connectivity index (χ3v) is 2.63. The highest BCUT2D eigenvalue weighted by molar-refractivity contribution is 5.80. The van der Waals surface area contributed by atoms with Crippen molar-refractivity contribution in [2.75, 3.05) is 0 Å². The second-order valence-corrected chi connectivity index (χ2v) is 4.23. The zero-order chi connectivity index (χ0) is 10.3. The van der Waals surface area contributed by atoms with Crippen LogP contribution in [0, 0.1) is 6.92 Å². The molecule has 0 fully saturated rings. The van der Waals surface area contributed by atoms with Crippen LogP contribution in [0.2, 0.25) is 0 Å². The second kappa shape index (κ2) is 3.12. The van der Waals surface area contributed by atoms with E-state index in [9.17, 15) is 0 Å². The molecule has 0 radical (unpaired) electrons. The molecule has 74 valence electrons. The maximum absolute atomic E-state index is 4.39. The zero-order valence-electron chi connectivity index (χ0n) is 9.20. The predicted octanol–water partition coefficient (Wildman–Crippen LogP) is 3.01. The van der Waals surface area contributed by atoms with Crippen LogP contribution in [0.5, 0.6) is 0 Å². The predicted molar refractivity (Wildman–Crippen MR) is 59.5 cm³/mol. The Morgan fingerprint density at radius 3 is 2.64 bits per heavy atom. The molecule has 0 atom stereocenters. The highest BCUT2D eigenvalue weighted by Gasteiger charge is 2.06. The van der Waals surface area contributed by atoms with E-state index >= 15 is 0 Å². The van der Waals surface area contributed by atoms with Crippen molar-refractivity contribution >= 4 is 10.9 Å². The Hall–Kier alpha value is -1.31. The molecule has 0 aliphatic heterocycles. The summed E-state index contributed by atoms with van der Waals surface area (Å²) in [6, 6.07) is 4.42. The van der Waals surface area contributed by atoms with Gasteiger partial charge in [0.1, 0.15) is 0 Å². The summed E-state index contributed by atoms with van der Waals surface area (Å²) in [7, 11) is 1.96. The zero-order valence-corrected chi connectivity index (χ0v) is 9.20. The molecule has 0 aliphatic rings. The molecule has 2 heteroatoms. The van der Waals surface area contributed by atoms with Gasteiger partial charge in [-0.05, 0) is 36.1 Å². The van der Waals surface area contributed by atoms with Gasteiger partial charge in [0, 0.05) is 18.6 Å². The van der Waals surface area contributed by atoms with E-state index in [0.29, 0.717) is 5.92 Å². The van der Waals surface area contributed by atoms with Crippen LogP contribution < -0.4 is 0 Å². The topological polar surface area (TPSA) is 17.8 Å². The minimum atomic E-state index is 0.583. The summed E-state index contributed by atoms with van der Waals surface area (Å²) in [6.07, 6.45) is 2.07. The molecule has 1 heterocycles. The number of rotatable bonds is 1. The number of aryl methyl sites for hydroxylation is 2. The molecule has 0 saturated heterocycles. The lowest BCUT2D eigenvalue weighted by atomic mass is 9.97. The van der Waals surface area contributed by atoms with Gasteiger partial charge in [-0.1, -0.05) is 13.8 Å². The van der Waals surface area contributed by atoms with Gasteiger partial charge in [0.15, 0.2) is 0 Å². The van der Waals surface area contributed by atoms with Crippen molar-refractivity contribution in [1.82, 2.24) is 9.78 Å². The molecule has 0 aliphatic carbocycles. The van der Waals surface area contributed by atoms with Gasteiger partial charge in [0.2, 0.25) is 0 Å². The van der Waals surface area contributed by atoms with Crippen LogP contribution in [0.25, 0.3) is 10.9 Å². The van der Waals surface area contributed by atoms with Gasteiger partial charge >= 0.3 is 0 Å². The van der Waals surface area contributed by atoms with E-state index in [1.807, 2.05) is 11.7 Å². The van der Waals surface area contributed by atoms with Gasteiger partial charge in [0.25, 0.3) is 0 Å². The Morgan fingerprint density at radius 2 is 2.00 bits per heavy atom. The van der Waals surface area contributed by atoms with Gasteiger partial charge < -0.3 is 0 Å². The first-order chi connectivity index (χ1) is 6.58. The summed E-state index contributed by atoms with van der Waals surface area (Å²) in [5.41, 5.74) is 3.85. The summed E-state index contributed by atoms with van der Waals surface area (Å²) < 4.78 is 1.87. The monoisotopic (exact) mass is 188 g/mol. The number of hydrogen-bond acceptors (Lipinski definition) is 1. The maximum atomic E-state index is 4.39. The van der Waals surface area contributed by atoms with E-state index in [1.54, 1.807) is 0 Å². The van der Waals surface area contributed by atoms with E-state index in [2.05, 4.69) is 44.2 Å². The van der Waals surface area contributed by atoms with Gasteiger partial charge in [-0.25, -0.2) is 0 Å². The highest BCUT2D eigenvalue weighted by atomic mass is 15.2. The lowest BCUT2D eigenvalue weighted by Crippen LogP contribution is -1.91. The third kappa shape index (κ3) is 1.41. The van der Waals surface area contributed by atoms with Crippen molar-refractivity contribution in [1.29, 1.82) is 0 Å². The van der Waals surface area contributed by atoms with Gasteiger partial charge in [-0.2, -0.15) is 5.10 Å². The van der Waals surface area contributed by atoms with E-state index in [4.69, 9.17) is 0 Å². The van der Waals surface area contributed by atoms with Crippen LogP contribution in [-0.2, 0) is 7.05 Å². The first-order valence-corrected chi connectivity index (χ1v) is 5.02. The third-order valence-electron chi connectivity index (χ3n) is 2.63. The normalized spacial score (nSPS) is 11.5. The molecule has 14 heavy (non-hydrogen) atoms. The summed E-state index contributed by atoms with van der Waals surface area (Å²) in [5, 5.41) is 5.63. The fourth-order valence-electron chi connectivity index (χ4n) is 1.94. The minimum absolute atomic E-state index is 0.583. The molecule has 0 saturated carbocycles. The smallest absolute Gasteiger partial charge is 0.0926 e. The second-order valence-electron chi connectivity index (χ2n) is 4.23. The van der Waals surface area contributed by atoms with Crippen molar-refractivity contribution in [2.24, 2.45) is 7.05 Å². The lowest BCUT2D eigenvalue weighted by Gasteiger charge is -2.08. The average Bonchev–Trinajstić information content (AvgIpc) is 2.42. The van der Waals surface area contributed by atoms with Gasteiger partial charge in [-0.15, -0.1) is 0 Å². The molecule has 0 N–H and O–H groups in total. The number of fused-ring (bicyclic) bond motifs is 1. The van der Waals surface area contributed by atoms with Gasteiger partial charge in [0.05, 0.1) is 5.52 Å². The molecule has 2 nitrogen and oxygen atoms in total. The number of nitrogens with zero attached hydrogens (tertiary/aromatic N) is 2. The highest BCUT2D eigenvalue weighted by Crippen LogP contribution is 2.24. The van der Waals surface area contributed by atoms with Crippen molar-refractivity contribution in [2.45, 2.75) is 26.7 Å². The average molecular weight is 188 g/mol. The Bertz CT molecular complexity index is 466. The maximum Gasteiger partial charge on any atom is 0.0926 e. The lowest BCUT2D eigenvalue weighted by molar-refractivity contribution is 0.779. The van der Waals surface area contributed by atoms with E-state index in [1.165, 1.54) is 16.5 Å². The molecule has 0 bridgehead atoms. The van der Waals surface area contributed by atoms with Crippen LogP contribution in [0.15, 0.2) is 18.3 Å². The number of aromatic nitrogens is 2. The summed E-state index contributed by atoms with van der Waals surface area (Å²) in [5.74, 6) is 0.583. The Labute approximate surface area is 84.5 Å². The first-order valence-electron chi connectivity index (χ1n) is 5.02. The molecule has 0 spiro atoms. The molecule has 2 rings (SSSR count). The fraction of sp³-hybridized carbons (Fsp3) is 0.417. The van der Waals surface area contributed by atoms with Crippen molar-refractivity contribution in [3.8, 4) is 0 Å². The molecular formula is C12H16N2. The largest absolute Gasteiger partial charge is 0.275 e. The summed E-state index contributed by atoms with van der Waals surface area (Å²) in [6.45, 7) is 6.61. The molecule has 1 aromatic carbocycles. The molecule has 0 unspecified atom stereocenters. The Kier molecular flexibility index (Phi) is 2.06. The van der Waals surface area contributed by atoms with Crippen molar-refractivity contribution in [3.05, 3.63) is 29.5 Å². The minimum Gasteiger partial charge on any atom is -0.275 e. The summed E-state index contributed by atoms with van der Waals surface area (Å²) in [4.78, 5) is 0. The van der Waals surface area contributed by atoms with Crippen LogP contribution in [-0.4, -0.2) is 9.78 Å². The quantitative estimate of drug-likeness (QED) is 0.672. The number of hydrogen-bond donors (Lipinski definition) is 0. The van der Waals surface area contributed by atoms with Crippen molar-refractivity contribution in [3.63, 3.8) is 0 Å². The van der Waals surface area contributed by atoms with E-state index in [-0.39, 0.29) is 0 Å². The van der Waals surface area contributed by atoms with Crippen LogP contribution >= 0.6 is 0 Å². The van der Waals surface area contributed by atoms with Crippen LogP contribution in [0.1, 0.15) is 30.9 Å². The fourth-order valence-corrected chi connectivity index (χ4v) is 1.94. The molecule has 0 amide bonds. The number of benzene rings is 1. The Balaban J connectivity index is 2.70. The Morgan fingerprint density at radius 1 is 1.29 bits per heavy atom. The van der Waals surface area contributed by atoms with Crippen LogP contribution in [0.3, 0.4) is 0 Å².